The molecule has 9 nitrogen and oxygen atoms in total. The van der Waals surface area contributed by atoms with Gasteiger partial charge in [-0.05, 0) is 58.8 Å². The lowest BCUT2D eigenvalue weighted by atomic mass is 10.0. The largest absolute Gasteiger partial charge is 0.479 e. The van der Waals surface area contributed by atoms with Gasteiger partial charge in [0.15, 0.2) is 0 Å². The van der Waals surface area contributed by atoms with Crippen LogP contribution in [-0.2, 0) is 19.1 Å². The third-order valence-corrected chi connectivity index (χ3v) is 6.71. The van der Waals surface area contributed by atoms with Crippen LogP contribution in [-0.4, -0.2) is 63.7 Å². The highest BCUT2D eigenvalue weighted by molar-refractivity contribution is 5.95. The molecule has 0 bridgehead atoms. The quantitative estimate of drug-likeness (QED) is 0.593. The average molecular weight is 452 g/mol. The van der Waals surface area contributed by atoms with E-state index in [1.54, 1.807) is 20.8 Å². The maximum atomic E-state index is 13.4. The SMILES string of the molecule is CC(C)(C)OC(=O)N[C@H]1CCCCCCC[C@@H]2C[C@@]2(C(=O)O)NC(=O)[C@@H]2CCCN2C1=O. The highest BCUT2D eigenvalue weighted by Gasteiger charge is 2.61. The van der Waals surface area contributed by atoms with Gasteiger partial charge in [-0.1, -0.05) is 32.1 Å². The van der Waals surface area contributed by atoms with Crippen LogP contribution in [0.2, 0.25) is 0 Å². The van der Waals surface area contributed by atoms with Crippen molar-refractivity contribution in [1.29, 1.82) is 0 Å². The van der Waals surface area contributed by atoms with Crippen LogP contribution < -0.4 is 10.6 Å². The molecule has 2 aliphatic heterocycles. The van der Waals surface area contributed by atoms with E-state index >= 15 is 0 Å². The van der Waals surface area contributed by atoms with E-state index in [1.165, 1.54) is 4.90 Å². The number of alkyl carbamates (subject to hydrolysis) is 1. The number of hydrogen-bond donors (Lipinski definition) is 3. The summed E-state index contributed by atoms with van der Waals surface area (Å²) in [6.45, 7) is 5.69. The predicted molar refractivity (Wildman–Crippen MR) is 117 cm³/mol. The zero-order valence-corrected chi connectivity index (χ0v) is 19.4. The first-order valence-electron chi connectivity index (χ1n) is 11.9. The summed E-state index contributed by atoms with van der Waals surface area (Å²) in [5.41, 5.74) is -1.89. The first-order valence-corrected chi connectivity index (χ1v) is 11.9. The summed E-state index contributed by atoms with van der Waals surface area (Å²) in [7, 11) is 0. The van der Waals surface area contributed by atoms with Crippen LogP contribution in [0.5, 0.6) is 0 Å². The van der Waals surface area contributed by atoms with Gasteiger partial charge in [0.05, 0.1) is 0 Å². The van der Waals surface area contributed by atoms with E-state index in [1.807, 2.05) is 0 Å². The minimum absolute atomic E-state index is 0.0544. The number of fused-ring (bicyclic) bond motifs is 2. The first kappa shape index (κ1) is 24.3. The molecule has 32 heavy (non-hydrogen) atoms. The van der Waals surface area contributed by atoms with Crippen LogP contribution in [0.1, 0.15) is 85.0 Å². The Morgan fingerprint density at radius 2 is 1.72 bits per heavy atom. The van der Waals surface area contributed by atoms with Crippen molar-refractivity contribution in [1.82, 2.24) is 15.5 Å². The Hall–Kier alpha value is -2.32. The summed E-state index contributed by atoms with van der Waals surface area (Å²) in [5, 5.41) is 15.3. The first-order chi connectivity index (χ1) is 15.0. The van der Waals surface area contributed by atoms with E-state index in [4.69, 9.17) is 4.74 Å². The van der Waals surface area contributed by atoms with Crippen molar-refractivity contribution < 1.29 is 29.0 Å². The maximum absolute atomic E-state index is 13.4. The Kier molecular flexibility index (Phi) is 7.35. The van der Waals surface area contributed by atoms with Gasteiger partial charge in [0, 0.05) is 6.54 Å². The Morgan fingerprint density at radius 3 is 2.38 bits per heavy atom. The summed E-state index contributed by atoms with van der Waals surface area (Å²) in [5.74, 6) is -1.77. The molecule has 2 saturated heterocycles. The Balaban J connectivity index is 1.77. The smallest absolute Gasteiger partial charge is 0.408 e. The summed E-state index contributed by atoms with van der Waals surface area (Å²) in [6, 6.07) is -1.49. The standard InChI is InChI=1S/C23H37N3O6/c1-22(2,3)32-21(31)24-16-11-8-6-4-5-7-10-15-14-23(15,20(29)30)25-18(27)17-12-9-13-26(17)19(16)28/h15-17H,4-14H2,1-3H3,(H,24,31)(H,25,27)(H,29,30)/t15-,16+,17+,23-/m1/s1. The number of aliphatic carboxylic acids is 1. The van der Waals surface area contributed by atoms with Crippen molar-refractivity contribution in [2.45, 2.75) is 108 Å². The van der Waals surface area contributed by atoms with Gasteiger partial charge in [0.2, 0.25) is 11.8 Å². The van der Waals surface area contributed by atoms with Crippen LogP contribution >= 0.6 is 0 Å². The van der Waals surface area contributed by atoms with Crippen molar-refractivity contribution in [2.75, 3.05) is 6.54 Å². The lowest BCUT2D eigenvalue weighted by Gasteiger charge is -2.30. The number of carboxylic acids is 1. The van der Waals surface area contributed by atoms with E-state index in [2.05, 4.69) is 10.6 Å². The number of nitrogens with one attached hydrogen (secondary N) is 2. The fraction of sp³-hybridized carbons (Fsp3) is 0.826. The summed E-state index contributed by atoms with van der Waals surface area (Å²) < 4.78 is 5.34. The highest BCUT2D eigenvalue weighted by Crippen LogP contribution is 2.47. The Labute approximate surface area is 189 Å². The van der Waals surface area contributed by atoms with Crippen molar-refractivity contribution >= 4 is 23.9 Å². The van der Waals surface area contributed by atoms with Gasteiger partial charge in [-0.2, -0.15) is 0 Å². The molecule has 2 heterocycles. The third kappa shape index (κ3) is 5.72. The molecule has 0 aromatic rings. The molecule has 3 rings (SSSR count). The van der Waals surface area contributed by atoms with Gasteiger partial charge in [0.25, 0.3) is 0 Å². The van der Waals surface area contributed by atoms with E-state index in [-0.39, 0.29) is 11.8 Å². The number of amides is 3. The van der Waals surface area contributed by atoms with E-state index in [0.717, 1.165) is 38.5 Å². The van der Waals surface area contributed by atoms with Crippen molar-refractivity contribution in [2.24, 2.45) is 5.92 Å². The molecule has 1 saturated carbocycles. The Morgan fingerprint density at radius 1 is 1.06 bits per heavy atom. The molecule has 0 aromatic carbocycles. The van der Waals surface area contributed by atoms with Gasteiger partial charge in [-0.3, -0.25) is 9.59 Å². The topological polar surface area (TPSA) is 125 Å². The van der Waals surface area contributed by atoms with Crippen molar-refractivity contribution in [3.63, 3.8) is 0 Å². The van der Waals surface area contributed by atoms with E-state index in [0.29, 0.717) is 32.2 Å². The molecule has 4 atom stereocenters. The molecule has 3 amide bonds. The van der Waals surface area contributed by atoms with Gasteiger partial charge in [-0.15, -0.1) is 0 Å². The summed E-state index contributed by atoms with van der Waals surface area (Å²) >= 11 is 0. The summed E-state index contributed by atoms with van der Waals surface area (Å²) in [6.07, 6.45) is 6.78. The van der Waals surface area contributed by atoms with Gasteiger partial charge in [0.1, 0.15) is 23.2 Å². The molecule has 3 N–H and O–H groups in total. The number of rotatable bonds is 2. The van der Waals surface area contributed by atoms with Crippen LogP contribution in [0.25, 0.3) is 0 Å². The zero-order valence-electron chi connectivity index (χ0n) is 19.4. The zero-order chi connectivity index (χ0) is 23.5. The van der Waals surface area contributed by atoms with Crippen molar-refractivity contribution in [3.05, 3.63) is 0 Å². The normalized spacial score (nSPS) is 32.0. The van der Waals surface area contributed by atoms with Gasteiger partial charge in [-0.25, -0.2) is 9.59 Å². The minimum Gasteiger partial charge on any atom is -0.479 e. The average Bonchev–Trinajstić information content (AvgIpc) is 3.16. The van der Waals surface area contributed by atoms with Gasteiger partial charge < -0.3 is 25.4 Å². The van der Waals surface area contributed by atoms with Gasteiger partial charge >= 0.3 is 12.1 Å². The maximum Gasteiger partial charge on any atom is 0.408 e. The fourth-order valence-corrected chi connectivity index (χ4v) is 4.93. The van der Waals surface area contributed by atoms with Crippen LogP contribution in [0, 0.1) is 5.92 Å². The number of carbonyl (C=O) groups excluding carboxylic acids is 3. The number of ether oxygens (including phenoxy) is 1. The van der Waals surface area contributed by atoms with E-state index in [9.17, 15) is 24.3 Å². The second-order valence-corrected chi connectivity index (χ2v) is 10.4. The Bertz CT molecular complexity index is 749. The lowest BCUT2D eigenvalue weighted by molar-refractivity contribution is -0.146. The van der Waals surface area contributed by atoms with Crippen LogP contribution in [0.15, 0.2) is 0 Å². The second kappa shape index (κ2) is 9.67. The number of hydrogen-bond acceptors (Lipinski definition) is 5. The monoisotopic (exact) mass is 451 g/mol. The van der Waals surface area contributed by atoms with Crippen LogP contribution in [0.3, 0.4) is 0 Å². The fourth-order valence-electron chi connectivity index (χ4n) is 4.93. The molecule has 180 valence electrons. The molecule has 0 spiro atoms. The third-order valence-electron chi connectivity index (χ3n) is 6.71. The highest BCUT2D eigenvalue weighted by atomic mass is 16.6. The van der Waals surface area contributed by atoms with Crippen LogP contribution in [0.4, 0.5) is 4.79 Å². The number of nitrogens with zero attached hydrogens (tertiary/aromatic N) is 1. The molecule has 3 aliphatic rings. The molecule has 0 radical (unpaired) electrons. The molecule has 9 heteroatoms. The van der Waals surface area contributed by atoms with E-state index < -0.39 is 41.2 Å². The lowest BCUT2D eigenvalue weighted by Crippen LogP contribution is -2.56. The van der Waals surface area contributed by atoms with Crippen molar-refractivity contribution in [3.8, 4) is 0 Å². The predicted octanol–water partition coefficient (Wildman–Crippen LogP) is 2.57. The minimum atomic E-state index is -1.21. The molecular formula is C23H37N3O6. The second-order valence-electron chi connectivity index (χ2n) is 10.4. The molecule has 1 aliphatic carbocycles. The summed E-state index contributed by atoms with van der Waals surface area (Å²) in [4.78, 5) is 52.3. The molecule has 3 fully saturated rings. The molecule has 0 unspecified atom stereocenters. The molecular weight excluding hydrogens is 414 g/mol. The molecule has 0 aromatic heterocycles. The number of carboxylic acid groups (broad SMARTS) is 1. The number of carbonyl (C=O) groups is 4.